The van der Waals surface area contributed by atoms with Gasteiger partial charge in [0.15, 0.2) is 0 Å². The summed E-state index contributed by atoms with van der Waals surface area (Å²) in [6.07, 6.45) is 1.13. The summed E-state index contributed by atoms with van der Waals surface area (Å²) >= 11 is 0. The van der Waals surface area contributed by atoms with Gasteiger partial charge >= 0.3 is 5.97 Å². The monoisotopic (exact) mass is 270 g/mol. The van der Waals surface area contributed by atoms with Gasteiger partial charge in [0.1, 0.15) is 0 Å². The van der Waals surface area contributed by atoms with Crippen LogP contribution in [0, 0.1) is 11.3 Å². The molecule has 1 saturated heterocycles. The van der Waals surface area contributed by atoms with E-state index in [1.54, 1.807) is 13.8 Å². The molecular weight excluding hydrogens is 244 g/mol. The zero-order valence-corrected chi connectivity index (χ0v) is 12.4. The number of aliphatic carboxylic acids is 1. The maximum absolute atomic E-state index is 11.7. The Hall–Kier alpha value is -1.10. The predicted octanol–water partition coefficient (Wildman–Crippen LogP) is 1.33. The fraction of sp³-hybridized carbons (Fsp3) is 0.857. The van der Waals surface area contributed by atoms with Crippen molar-refractivity contribution in [2.75, 3.05) is 19.6 Å². The largest absolute Gasteiger partial charge is 0.481 e. The van der Waals surface area contributed by atoms with Gasteiger partial charge in [-0.2, -0.15) is 0 Å². The van der Waals surface area contributed by atoms with Gasteiger partial charge in [-0.3, -0.25) is 9.59 Å². The van der Waals surface area contributed by atoms with E-state index in [9.17, 15) is 9.59 Å². The average molecular weight is 270 g/mol. The number of carboxylic acids is 1. The summed E-state index contributed by atoms with van der Waals surface area (Å²) in [4.78, 5) is 25.1. The van der Waals surface area contributed by atoms with Crippen molar-refractivity contribution in [3.63, 3.8) is 0 Å². The van der Waals surface area contributed by atoms with E-state index in [0.29, 0.717) is 18.5 Å². The molecule has 1 rings (SSSR count). The van der Waals surface area contributed by atoms with E-state index >= 15 is 0 Å². The molecule has 0 spiro atoms. The van der Waals surface area contributed by atoms with Crippen LogP contribution < -0.4 is 5.32 Å². The van der Waals surface area contributed by atoms with Crippen LogP contribution >= 0.6 is 0 Å². The minimum Gasteiger partial charge on any atom is -0.481 e. The summed E-state index contributed by atoms with van der Waals surface area (Å²) in [6.45, 7) is 10.2. The third kappa shape index (κ3) is 4.82. The van der Waals surface area contributed by atoms with Crippen molar-refractivity contribution in [1.82, 2.24) is 10.2 Å². The van der Waals surface area contributed by atoms with Crippen LogP contribution in [-0.2, 0) is 9.59 Å². The lowest BCUT2D eigenvalue weighted by Gasteiger charge is -2.21. The van der Waals surface area contributed by atoms with Gasteiger partial charge < -0.3 is 15.3 Å². The molecule has 0 aromatic rings. The summed E-state index contributed by atoms with van der Waals surface area (Å²) in [5.74, 6) is -0.621. The standard InChI is InChI=1S/C14H26N2O3/c1-10(2)16-6-5-11(9-16)8-15-12(17)7-14(3,4)13(18)19/h10-11H,5-9H2,1-4H3,(H,15,17)(H,18,19). The molecule has 1 fully saturated rings. The number of carbonyl (C=O) groups excluding carboxylic acids is 1. The van der Waals surface area contributed by atoms with Crippen molar-refractivity contribution in [3.05, 3.63) is 0 Å². The fourth-order valence-corrected chi connectivity index (χ4v) is 2.30. The smallest absolute Gasteiger partial charge is 0.309 e. The van der Waals surface area contributed by atoms with E-state index < -0.39 is 11.4 Å². The highest BCUT2D eigenvalue weighted by molar-refractivity contribution is 5.84. The molecule has 0 aliphatic carbocycles. The molecule has 0 saturated carbocycles. The summed E-state index contributed by atoms with van der Waals surface area (Å²) in [5, 5.41) is 11.8. The number of hydrogen-bond donors (Lipinski definition) is 2. The van der Waals surface area contributed by atoms with Crippen LogP contribution in [-0.4, -0.2) is 47.6 Å². The summed E-state index contributed by atoms with van der Waals surface area (Å²) in [7, 11) is 0. The van der Waals surface area contributed by atoms with E-state index in [2.05, 4.69) is 24.1 Å². The second kappa shape index (κ2) is 6.37. The van der Waals surface area contributed by atoms with Gasteiger partial charge in [0.05, 0.1) is 5.41 Å². The number of nitrogens with zero attached hydrogens (tertiary/aromatic N) is 1. The molecule has 19 heavy (non-hydrogen) atoms. The van der Waals surface area contributed by atoms with Crippen molar-refractivity contribution in [1.29, 1.82) is 0 Å². The Morgan fingerprint density at radius 3 is 2.53 bits per heavy atom. The van der Waals surface area contributed by atoms with E-state index in [4.69, 9.17) is 5.11 Å². The minimum absolute atomic E-state index is 0.0307. The molecule has 110 valence electrons. The molecule has 0 bridgehead atoms. The Bertz CT molecular complexity index is 340. The van der Waals surface area contributed by atoms with Crippen molar-refractivity contribution >= 4 is 11.9 Å². The SMILES string of the molecule is CC(C)N1CCC(CNC(=O)CC(C)(C)C(=O)O)C1. The lowest BCUT2D eigenvalue weighted by molar-refractivity contribution is -0.149. The maximum Gasteiger partial charge on any atom is 0.309 e. The first-order valence-electron chi connectivity index (χ1n) is 6.96. The Labute approximate surface area is 115 Å². The van der Waals surface area contributed by atoms with Crippen molar-refractivity contribution < 1.29 is 14.7 Å². The van der Waals surface area contributed by atoms with Gasteiger partial charge in [-0.05, 0) is 46.6 Å². The molecule has 1 amide bonds. The summed E-state index contributed by atoms with van der Waals surface area (Å²) < 4.78 is 0. The Morgan fingerprint density at radius 2 is 2.05 bits per heavy atom. The van der Waals surface area contributed by atoms with Crippen LogP contribution in [0.5, 0.6) is 0 Å². The Balaban J connectivity index is 2.30. The predicted molar refractivity (Wildman–Crippen MR) is 73.9 cm³/mol. The molecule has 0 radical (unpaired) electrons. The number of nitrogens with one attached hydrogen (secondary N) is 1. The molecule has 1 unspecified atom stereocenters. The fourth-order valence-electron chi connectivity index (χ4n) is 2.30. The van der Waals surface area contributed by atoms with E-state index in [1.165, 1.54) is 0 Å². The van der Waals surface area contributed by atoms with E-state index in [-0.39, 0.29) is 12.3 Å². The number of likely N-dealkylation sites (tertiary alicyclic amines) is 1. The van der Waals surface area contributed by atoms with Crippen molar-refractivity contribution in [3.8, 4) is 0 Å². The van der Waals surface area contributed by atoms with Gasteiger partial charge in [0.2, 0.25) is 5.91 Å². The van der Waals surface area contributed by atoms with Crippen LogP contribution in [0.4, 0.5) is 0 Å². The molecule has 1 aliphatic heterocycles. The highest BCUT2D eigenvalue weighted by Crippen LogP contribution is 2.21. The molecule has 2 N–H and O–H groups in total. The maximum atomic E-state index is 11.7. The molecule has 5 heteroatoms. The first-order valence-corrected chi connectivity index (χ1v) is 6.96. The Morgan fingerprint density at radius 1 is 1.42 bits per heavy atom. The van der Waals surface area contributed by atoms with Crippen molar-refractivity contribution in [2.24, 2.45) is 11.3 Å². The topological polar surface area (TPSA) is 69.6 Å². The van der Waals surface area contributed by atoms with E-state index in [1.807, 2.05) is 0 Å². The summed E-state index contributed by atoms with van der Waals surface area (Å²) in [6, 6.07) is 0.548. The quantitative estimate of drug-likeness (QED) is 0.764. The normalized spacial score (nSPS) is 20.8. The van der Waals surface area contributed by atoms with E-state index in [0.717, 1.165) is 19.5 Å². The molecular formula is C14H26N2O3. The van der Waals surface area contributed by atoms with Crippen LogP contribution in [0.15, 0.2) is 0 Å². The van der Waals surface area contributed by atoms with Gasteiger partial charge in [-0.1, -0.05) is 0 Å². The molecule has 0 aromatic carbocycles. The highest BCUT2D eigenvalue weighted by Gasteiger charge is 2.30. The number of carboxylic acid groups (broad SMARTS) is 1. The number of amides is 1. The zero-order valence-electron chi connectivity index (χ0n) is 12.4. The number of carbonyl (C=O) groups is 2. The second-order valence-corrected chi connectivity index (χ2v) is 6.41. The molecule has 1 aliphatic rings. The first kappa shape index (κ1) is 16.0. The average Bonchev–Trinajstić information content (AvgIpc) is 2.74. The molecule has 5 nitrogen and oxygen atoms in total. The van der Waals surface area contributed by atoms with Gasteiger partial charge in [-0.15, -0.1) is 0 Å². The minimum atomic E-state index is -0.996. The third-order valence-electron chi connectivity index (χ3n) is 3.82. The first-order chi connectivity index (χ1) is 8.72. The van der Waals surface area contributed by atoms with Crippen molar-refractivity contribution in [2.45, 2.75) is 46.6 Å². The van der Waals surface area contributed by atoms with Crippen LogP contribution in [0.2, 0.25) is 0 Å². The molecule has 1 heterocycles. The molecule has 0 aromatic heterocycles. The lowest BCUT2D eigenvalue weighted by Crippen LogP contribution is -2.36. The lowest BCUT2D eigenvalue weighted by atomic mass is 9.89. The van der Waals surface area contributed by atoms with Crippen LogP contribution in [0.25, 0.3) is 0 Å². The van der Waals surface area contributed by atoms with Gasteiger partial charge in [-0.25, -0.2) is 0 Å². The third-order valence-corrected chi connectivity index (χ3v) is 3.82. The van der Waals surface area contributed by atoms with Crippen LogP contribution in [0.3, 0.4) is 0 Å². The molecule has 1 atom stereocenters. The number of hydrogen-bond acceptors (Lipinski definition) is 3. The zero-order chi connectivity index (χ0) is 14.6. The van der Waals surface area contributed by atoms with Gasteiger partial charge in [0, 0.05) is 25.6 Å². The second-order valence-electron chi connectivity index (χ2n) is 6.41. The highest BCUT2D eigenvalue weighted by atomic mass is 16.4. The van der Waals surface area contributed by atoms with Crippen LogP contribution in [0.1, 0.15) is 40.5 Å². The van der Waals surface area contributed by atoms with Gasteiger partial charge in [0.25, 0.3) is 0 Å². The number of rotatable bonds is 6. The Kier molecular flexibility index (Phi) is 5.35. The summed E-state index contributed by atoms with van der Waals surface area (Å²) in [5.41, 5.74) is -0.996.